The third-order valence-corrected chi connectivity index (χ3v) is 3.75. The largest absolute Gasteiger partial charge is 0.507 e. The van der Waals surface area contributed by atoms with E-state index >= 15 is 0 Å². The molecule has 0 aliphatic carbocycles. The lowest BCUT2D eigenvalue weighted by Crippen LogP contribution is -2.26. The molecule has 0 saturated heterocycles. The van der Waals surface area contributed by atoms with Gasteiger partial charge in [-0.2, -0.15) is 0 Å². The number of phenolic OH excluding ortho intramolecular Hbond substituents is 1. The first kappa shape index (κ1) is 15.6. The molecule has 0 unspecified atom stereocenters. The second-order valence-corrected chi connectivity index (χ2v) is 5.72. The molecule has 5 heteroatoms. The van der Waals surface area contributed by atoms with Gasteiger partial charge in [0.1, 0.15) is 11.5 Å². The Morgan fingerprint density at radius 3 is 2.81 bits per heavy atom. The molecule has 0 aliphatic rings. The summed E-state index contributed by atoms with van der Waals surface area (Å²) in [6.07, 6.45) is 0.667. The van der Waals surface area contributed by atoms with Crippen LogP contribution in [0.5, 0.6) is 11.5 Å². The highest BCUT2D eigenvalue weighted by molar-refractivity contribution is 14.1. The highest BCUT2D eigenvalue weighted by atomic mass is 127. The van der Waals surface area contributed by atoms with Crippen molar-refractivity contribution >= 4 is 28.5 Å². The van der Waals surface area contributed by atoms with Gasteiger partial charge in [0.05, 0.1) is 12.7 Å². The van der Waals surface area contributed by atoms with Gasteiger partial charge in [-0.3, -0.25) is 4.79 Å². The van der Waals surface area contributed by atoms with Crippen molar-refractivity contribution in [2.24, 2.45) is 0 Å². The van der Waals surface area contributed by atoms with Gasteiger partial charge in [-0.25, -0.2) is 0 Å². The van der Waals surface area contributed by atoms with Crippen LogP contribution in [0.1, 0.15) is 15.9 Å². The summed E-state index contributed by atoms with van der Waals surface area (Å²) in [4.78, 5) is 12.1. The average Bonchev–Trinajstić information content (AvgIpc) is 2.50. The molecule has 0 saturated carbocycles. The van der Waals surface area contributed by atoms with Gasteiger partial charge in [0.25, 0.3) is 5.91 Å². The van der Waals surface area contributed by atoms with Crippen molar-refractivity contribution in [3.8, 4) is 11.5 Å². The van der Waals surface area contributed by atoms with Crippen molar-refractivity contribution in [3.63, 3.8) is 0 Å². The minimum absolute atomic E-state index is 0.00907. The third-order valence-electron chi connectivity index (χ3n) is 3.08. The number of phenols is 1. The number of ether oxygens (including phenoxy) is 1. The van der Waals surface area contributed by atoms with Crippen LogP contribution in [-0.2, 0) is 6.42 Å². The van der Waals surface area contributed by atoms with E-state index in [-0.39, 0.29) is 11.7 Å². The Bertz CT molecular complexity index is 643. The predicted molar refractivity (Wildman–Crippen MR) is 89.9 cm³/mol. The molecule has 2 rings (SSSR count). The average molecular weight is 397 g/mol. The maximum absolute atomic E-state index is 12.1. The number of amides is 1. The molecule has 2 aromatic carbocycles. The Morgan fingerprint density at radius 2 is 2.05 bits per heavy atom. The summed E-state index contributed by atoms with van der Waals surface area (Å²) in [5, 5.41) is 12.5. The number of methoxy groups -OCH3 is 1. The van der Waals surface area contributed by atoms with Crippen LogP contribution in [-0.4, -0.2) is 24.7 Å². The summed E-state index contributed by atoms with van der Waals surface area (Å²) < 4.78 is 6.17. The van der Waals surface area contributed by atoms with Crippen LogP contribution in [0.25, 0.3) is 0 Å². The fraction of sp³-hybridized carbons (Fsp3) is 0.188. The molecule has 1 amide bonds. The van der Waals surface area contributed by atoms with Crippen molar-refractivity contribution in [2.75, 3.05) is 13.7 Å². The van der Waals surface area contributed by atoms with E-state index in [4.69, 9.17) is 4.74 Å². The number of carbonyl (C=O) groups is 1. The molecule has 0 heterocycles. The van der Waals surface area contributed by atoms with E-state index in [0.29, 0.717) is 18.5 Å². The summed E-state index contributed by atoms with van der Waals surface area (Å²) in [6.45, 7) is 0.476. The molecule has 0 bridgehead atoms. The van der Waals surface area contributed by atoms with E-state index < -0.39 is 0 Å². The maximum Gasteiger partial charge on any atom is 0.255 e. The fourth-order valence-electron chi connectivity index (χ4n) is 2.01. The molecule has 2 aromatic rings. The minimum Gasteiger partial charge on any atom is -0.507 e. The van der Waals surface area contributed by atoms with Gasteiger partial charge in [-0.1, -0.05) is 18.2 Å². The monoisotopic (exact) mass is 397 g/mol. The molecule has 2 N–H and O–H groups in total. The summed E-state index contributed by atoms with van der Waals surface area (Å²) in [5.74, 6) is 0.523. The molecule has 110 valence electrons. The van der Waals surface area contributed by atoms with Gasteiger partial charge in [0, 0.05) is 10.1 Å². The standard InChI is InChI=1S/C16H16INO3/c1-21-15-5-3-2-4-11(15)8-9-18-16(20)13-10-12(17)6-7-14(13)19/h2-7,10,19H,8-9H2,1H3,(H,18,20). The smallest absolute Gasteiger partial charge is 0.255 e. The second kappa shape index (κ2) is 7.31. The van der Waals surface area contributed by atoms with Gasteiger partial charge in [0.2, 0.25) is 0 Å². The Morgan fingerprint density at radius 1 is 1.29 bits per heavy atom. The zero-order valence-electron chi connectivity index (χ0n) is 11.6. The number of para-hydroxylation sites is 1. The molecule has 0 aromatic heterocycles. The molecule has 21 heavy (non-hydrogen) atoms. The SMILES string of the molecule is COc1ccccc1CCNC(=O)c1cc(I)ccc1O. The molecule has 4 nitrogen and oxygen atoms in total. The molecule has 0 atom stereocenters. The van der Waals surface area contributed by atoms with Crippen LogP contribution in [0.15, 0.2) is 42.5 Å². The zero-order valence-corrected chi connectivity index (χ0v) is 13.8. The van der Waals surface area contributed by atoms with E-state index in [1.165, 1.54) is 6.07 Å². The normalized spacial score (nSPS) is 10.2. The van der Waals surface area contributed by atoms with Crippen LogP contribution in [0.3, 0.4) is 0 Å². The van der Waals surface area contributed by atoms with Gasteiger partial charge in [-0.05, 0) is 58.8 Å². The zero-order chi connectivity index (χ0) is 15.2. The van der Waals surface area contributed by atoms with Crippen LogP contribution in [0, 0.1) is 3.57 Å². The Balaban J connectivity index is 1.97. The lowest BCUT2D eigenvalue weighted by molar-refractivity contribution is 0.0951. The summed E-state index contributed by atoms with van der Waals surface area (Å²) >= 11 is 2.10. The number of rotatable bonds is 5. The van der Waals surface area contributed by atoms with Gasteiger partial charge >= 0.3 is 0 Å². The van der Waals surface area contributed by atoms with Crippen LogP contribution >= 0.6 is 22.6 Å². The van der Waals surface area contributed by atoms with Crippen molar-refractivity contribution < 1.29 is 14.6 Å². The third kappa shape index (κ3) is 4.10. The molecule has 0 fully saturated rings. The first-order valence-corrected chi connectivity index (χ1v) is 7.58. The summed E-state index contributed by atoms with van der Waals surface area (Å²) in [6, 6.07) is 12.6. The fourth-order valence-corrected chi connectivity index (χ4v) is 2.50. The summed E-state index contributed by atoms with van der Waals surface area (Å²) in [7, 11) is 1.63. The number of hydrogen-bond acceptors (Lipinski definition) is 3. The number of carbonyl (C=O) groups excluding carboxylic acids is 1. The second-order valence-electron chi connectivity index (χ2n) is 4.48. The number of aromatic hydroxyl groups is 1. The van der Waals surface area contributed by atoms with Gasteiger partial charge in [0.15, 0.2) is 0 Å². The predicted octanol–water partition coefficient (Wildman–Crippen LogP) is 2.98. The Hall–Kier alpha value is -1.76. The number of benzene rings is 2. The van der Waals surface area contributed by atoms with Crippen LogP contribution in [0.4, 0.5) is 0 Å². The van der Waals surface area contributed by atoms with Crippen LogP contribution in [0.2, 0.25) is 0 Å². The first-order chi connectivity index (χ1) is 10.1. The van der Waals surface area contributed by atoms with Crippen molar-refractivity contribution in [3.05, 3.63) is 57.2 Å². The number of nitrogens with one attached hydrogen (secondary N) is 1. The topological polar surface area (TPSA) is 58.6 Å². The van der Waals surface area contributed by atoms with Crippen LogP contribution < -0.4 is 10.1 Å². The highest BCUT2D eigenvalue weighted by Crippen LogP contribution is 2.20. The van der Waals surface area contributed by atoms with E-state index in [0.717, 1.165) is 14.9 Å². The van der Waals surface area contributed by atoms with Crippen molar-refractivity contribution in [1.29, 1.82) is 0 Å². The number of halogens is 1. The minimum atomic E-state index is -0.277. The first-order valence-electron chi connectivity index (χ1n) is 6.50. The quantitative estimate of drug-likeness (QED) is 0.763. The van der Waals surface area contributed by atoms with E-state index in [1.807, 2.05) is 24.3 Å². The van der Waals surface area contributed by atoms with E-state index in [2.05, 4.69) is 27.9 Å². The van der Waals surface area contributed by atoms with E-state index in [1.54, 1.807) is 19.2 Å². The molecule has 0 aliphatic heterocycles. The Kier molecular flexibility index (Phi) is 5.44. The van der Waals surface area contributed by atoms with Crippen molar-refractivity contribution in [1.82, 2.24) is 5.32 Å². The van der Waals surface area contributed by atoms with Gasteiger partial charge < -0.3 is 15.2 Å². The molecular weight excluding hydrogens is 381 g/mol. The summed E-state index contributed by atoms with van der Waals surface area (Å²) in [5.41, 5.74) is 1.33. The maximum atomic E-state index is 12.1. The van der Waals surface area contributed by atoms with Gasteiger partial charge in [-0.15, -0.1) is 0 Å². The molecular formula is C16H16INO3. The highest BCUT2D eigenvalue weighted by Gasteiger charge is 2.11. The number of hydrogen-bond donors (Lipinski definition) is 2. The lowest BCUT2D eigenvalue weighted by atomic mass is 10.1. The Labute approximate surface area is 137 Å². The lowest BCUT2D eigenvalue weighted by Gasteiger charge is -2.10. The van der Waals surface area contributed by atoms with E-state index in [9.17, 15) is 9.90 Å². The molecule has 0 spiro atoms. The molecule has 0 radical (unpaired) electrons. The van der Waals surface area contributed by atoms with Crippen molar-refractivity contribution in [2.45, 2.75) is 6.42 Å².